The molecule has 420 valence electrons. The molecular weight excluding hydrogens is 1020 g/mol. The van der Waals surface area contributed by atoms with Crippen LogP contribution in [0.1, 0.15) is 171 Å². The predicted molar refractivity (Wildman–Crippen MR) is 302 cm³/mol. The Morgan fingerprint density at radius 3 is 1.09 bits per heavy atom. The second kappa shape index (κ2) is 18.9. The molecule has 7 aliphatic rings. The van der Waals surface area contributed by atoms with Gasteiger partial charge >= 0.3 is 23.9 Å². The van der Waals surface area contributed by atoms with Gasteiger partial charge in [0.1, 0.15) is 46.0 Å². The van der Waals surface area contributed by atoms with Crippen LogP contribution < -0.4 is 18.9 Å². The van der Waals surface area contributed by atoms with Gasteiger partial charge in [0.05, 0.1) is 26.2 Å². The SMILES string of the molecule is CCC12CCC(=O)Oc3cc4c(O)c(c3)C(C)(C)C35C1C3(C)c1cc(cc(c1O)C=NCCN=Cc1cc3cc(c1O)C(C)(C)C51C(CC)(CCC(=O)Oc5cc(c(O)c(c5)C1(C)C)C=NCCN=C4)CCC(=O)O3)OC(=O)CC2. The van der Waals surface area contributed by atoms with Gasteiger partial charge in [-0.2, -0.15) is 0 Å². The van der Waals surface area contributed by atoms with Crippen molar-refractivity contribution in [3.63, 3.8) is 0 Å². The molecule has 0 saturated heterocycles. The highest BCUT2D eigenvalue weighted by Crippen LogP contribution is 2.96. The van der Waals surface area contributed by atoms with E-state index in [-0.39, 0.29) is 152 Å². The van der Waals surface area contributed by atoms with Crippen LogP contribution in [-0.4, -0.2) is 95.3 Å². The Balaban J connectivity index is 1.52. The van der Waals surface area contributed by atoms with Gasteiger partial charge in [-0.05, 0) is 97.4 Å². The summed E-state index contributed by atoms with van der Waals surface area (Å²) >= 11 is 0. The van der Waals surface area contributed by atoms with Crippen LogP contribution in [0.3, 0.4) is 0 Å². The van der Waals surface area contributed by atoms with Gasteiger partial charge in [-0.3, -0.25) is 39.1 Å². The van der Waals surface area contributed by atoms with Crippen LogP contribution in [0.15, 0.2) is 68.5 Å². The molecule has 11 rings (SSSR count). The first-order chi connectivity index (χ1) is 37.9. The summed E-state index contributed by atoms with van der Waals surface area (Å²) in [6.45, 7) is 19.4. The maximum absolute atomic E-state index is 15.0. The number of carbonyl (C=O) groups excluding carboxylic acids is 4. The third-order valence-electron chi connectivity index (χ3n) is 20.9. The Labute approximate surface area is 466 Å². The number of ether oxygens (including phenoxy) is 4. The topological polar surface area (TPSA) is 236 Å². The first-order valence-corrected chi connectivity index (χ1v) is 28.2. The first-order valence-electron chi connectivity index (χ1n) is 28.2. The lowest BCUT2D eigenvalue weighted by Gasteiger charge is -2.74. The van der Waals surface area contributed by atoms with Crippen molar-refractivity contribution in [3.05, 3.63) is 93.0 Å². The normalized spacial score (nSPS) is 30.0. The number of fused-ring (bicyclic) bond motifs is 8. The maximum Gasteiger partial charge on any atom is 0.311 e. The second-order valence-corrected chi connectivity index (χ2v) is 25.1. The number of benzene rings is 4. The van der Waals surface area contributed by atoms with Crippen molar-refractivity contribution < 1.29 is 58.6 Å². The van der Waals surface area contributed by atoms with Gasteiger partial charge in [-0.15, -0.1) is 0 Å². The van der Waals surface area contributed by atoms with E-state index in [0.717, 1.165) is 0 Å². The van der Waals surface area contributed by atoms with E-state index in [4.69, 9.17) is 38.9 Å². The molecule has 1 fully saturated rings. The monoisotopic (exact) mass is 1090 g/mol. The fourth-order valence-corrected chi connectivity index (χ4v) is 18.3. The third-order valence-corrected chi connectivity index (χ3v) is 20.9. The number of esters is 4. The van der Waals surface area contributed by atoms with Crippen molar-refractivity contribution in [1.29, 1.82) is 0 Å². The van der Waals surface area contributed by atoms with Crippen LogP contribution in [0.5, 0.6) is 46.0 Å². The van der Waals surface area contributed by atoms with Crippen LogP contribution >= 0.6 is 0 Å². The zero-order valence-corrected chi connectivity index (χ0v) is 47.2. The summed E-state index contributed by atoms with van der Waals surface area (Å²) in [5.41, 5.74) is -8.91. The predicted octanol–water partition coefficient (Wildman–Crippen LogP) is 10.6. The largest absolute Gasteiger partial charge is 0.507 e. The first kappa shape index (κ1) is 54.6. The van der Waals surface area contributed by atoms with E-state index >= 15 is 0 Å². The number of hydrogen-bond acceptors (Lipinski definition) is 16. The van der Waals surface area contributed by atoms with Crippen LogP contribution in [0.25, 0.3) is 0 Å². The van der Waals surface area contributed by atoms with Crippen molar-refractivity contribution in [1.82, 2.24) is 0 Å². The standard InChI is InChI=1S/C64H72N4O12/c1-10-61-16-12-48(69)77-40-24-36-32-65-20-21-66-33-37-25-41-29-45(53(37)74)58(5,6)64-59(7,8)46-30-42(79-51(72)15-19-62(64,11-2)18-14-50(71)78-41)26-38(54(46)75)34-67-22-23-68-35-39-27-43(80-49(70)13-17-61)31-47(55(39)76)60(9)56(61)63(60,64)57(3,4)44(28-40)52(36)73/h24-35,56,73-76H,10-23H2,1-9H3. The number of nitrogens with zero attached hydrogens (tertiary/aromatic N) is 4. The van der Waals surface area contributed by atoms with E-state index in [1.807, 2.05) is 0 Å². The van der Waals surface area contributed by atoms with E-state index in [1.165, 1.54) is 0 Å². The lowest BCUT2D eigenvalue weighted by Crippen LogP contribution is -2.72. The molecule has 0 radical (unpaired) electrons. The van der Waals surface area contributed by atoms with Gasteiger partial charge in [0, 0.05) is 128 Å². The van der Waals surface area contributed by atoms with Gasteiger partial charge in [-0.1, -0.05) is 68.7 Å². The van der Waals surface area contributed by atoms with Crippen LogP contribution in [-0.2, 0) is 40.8 Å². The van der Waals surface area contributed by atoms with E-state index in [9.17, 15) is 39.6 Å². The fourth-order valence-electron chi connectivity index (χ4n) is 18.3. The van der Waals surface area contributed by atoms with Crippen molar-refractivity contribution in [2.24, 2.45) is 47.5 Å². The summed E-state index contributed by atoms with van der Waals surface area (Å²) < 4.78 is 25.3. The molecule has 0 aromatic heterocycles. The average Bonchev–Trinajstić information content (AvgIpc) is 1.96. The lowest BCUT2D eigenvalue weighted by atomic mass is 9.29. The van der Waals surface area contributed by atoms with E-state index in [2.05, 4.69) is 62.3 Å². The average molecular weight is 1090 g/mol. The Morgan fingerprint density at radius 1 is 0.438 bits per heavy atom. The lowest BCUT2D eigenvalue weighted by molar-refractivity contribution is -0.201. The van der Waals surface area contributed by atoms with Crippen molar-refractivity contribution in [3.8, 4) is 46.0 Å². The zero-order valence-electron chi connectivity index (χ0n) is 47.2. The molecular formula is C64H72N4O12. The van der Waals surface area contributed by atoms with Crippen LogP contribution in [0.4, 0.5) is 0 Å². The molecule has 80 heavy (non-hydrogen) atoms. The van der Waals surface area contributed by atoms with Crippen LogP contribution in [0, 0.1) is 27.6 Å². The van der Waals surface area contributed by atoms with Gasteiger partial charge in [0.25, 0.3) is 0 Å². The van der Waals surface area contributed by atoms with Crippen molar-refractivity contribution in [2.75, 3.05) is 26.2 Å². The van der Waals surface area contributed by atoms with Gasteiger partial charge in [0.2, 0.25) is 0 Å². The molecule has 4 aromatic rings. The summed E-state index contributed by atoms with van der Waals surface area (Å²) in [5.74, 6) is -2.93. The molecule has 16 nitrogen and oxygen atoms in total. The Bertz CT molecular complexity index is 3350. The smallest absolute Gasteiger partial charge is 0.311 e. The number of phenolic OH excluding ortho intramolecular Hbond substituents is 4. The summed E-state index contributed by atoms with van der Waals surface area (Å²) in [4.78, 5) is 78.4. The second-order valence-electron chi connectivity index (χ2n) is 25.1. The number of aromatic hydroxyl groups is 4. The molecule has 4 N–H and O–H groups in total. The highest BCUT2D eigenvalue weighted by molar-refractivity contribution is 5.90. The highest BCUT2D eigenvalue weighted by atomic mass is 16.5. The number of carbonyl (C=O) groups is 4. The van der Waals surface area contributed by atoms with Crippen molar-refractivity contribution >= 4 is 48.7 Å². The minimum absolute atomic E-state index is 0.0768. The Hall–Kier alpha value is -7.36. The molecule has 0 amide bonds. The maximum atomic E-state index is 15.0. The van der Waals surface area contributed by atoms with E-state index in [0.29, 0.717) is 28.7 Å². The Kier molecular flexibility index (Phi) is 12.9. The number of phenols is 4. The Morgan fingerprint density at radius 2 is 0.750 bits per heavy atom. The molecule has 1 saturated carbocycles. The highest BCUT2D eigenvalue weighted by Gasteiger charge is 2.95. The molecule has 6 aliphatic heterocycles. The van der Waals surface area contributed by atoms with Crippen molar-refractivity contribution in [2.45, 2.75) is 148 Å². The number of aliphatic imine (C=N–C) groups is 4. The minimum Gasteiger partial charge on any atom is -0.507 e. The molecule has 2 spiro atoms. The molecule has 6 unspecified atom stereocenters. The molecule has 16 heteroatoms. The molecule has 6 heterocycles. The molecule has 1 aliphatic carbocycles. The molecule has 14 bridgehead atoms. The minimum atomic E-state index is -1.65. The quantitative estimate of drug-likeness (QED) is 0.108. The van der Waals surface area contributed by atoms with Gasteiger partial charge in [0.15, 0.2) is 0 Å². The van der Waals surface area contributed by atoms with Crippen LogP contribution in [0.2, 0.25) is 0 Å². The van der Waals surface area contributed by atoms with E-state index in [1.54, 1.807) is 73.4 Å². The molecule has 4 aromatic carbocycles. The van der Waals surface area contributed by atoms with Gasteiger partial charge in [-0.25, -0.2) is 0 Å². The third kappa shape index (κ3) is 7.44. The zero-order chi connectivity index (χ0) is 57.2. The number of hydrogen-bond donors (Lipinski definition) is 4. The van der Waals surface area contributed by atoms with E-state index < -0.39 is 73.1 Å². The summed E-state index contributed by atoms with van der Waals surface area (Å²) in [5, 5.41) is 54.2. The molecule has 6 atom stereocenters. The number of rotatable bonds is 2. The fraction of sp³-hybridized carbons (Fsp3) is 0.500. The summed E-state index contributed by atoms with van der Waals surface area (Å²) in [7, 11) is 0. The summed E-state index contributed by atoms with van der Waals surface area (Å²) in [6, 6.07) is 13.3. The van der Waals surface area contributed by atoms with Gasteiger partial charge < -0.3 is 39.4 Å². The summed E-state index contributed by atoms with van der Waals surface area (Å²) in [6.07, 6.45) is 6.82.